The Labute approximate surface area is 191 Å². The maximum absolute atomic E-state index is 12.9. The molecule has 1 saturated heterocycles. The Bertz CT molecular complexity index is 1080. The number of nitrogens with zero attached hydrogens (tertiary/aromatic N) is 3. The predicted octanol–water partition coefficient (Wildman–Crippen LogP) is 3.42. The molecule has 3 aromatic rings. The van der Waals surface area contributed by atoms with Gasteiger partial charge in [0.05, 0.1) is 7.11 Å². The van der Waals surface area contributed by atoms with Gasteiger partial charge in [-0.3, -0.25) is 4.79 Å². The lowest BCUT2D eigenvalue weighted by atomic mass is 10.0. The van der Waals surface area contributed by atoms with E-state index in [1.165, 1.54) is 7.11 Å². The van der Waals surface area contributed by atoms with Crippen molar-refractivity contribution >= 4 is 11.9 Å². The molecule has 2 aromatic carbocycles. The Morgan fingerprint density at radius 2 is 1.82 bits per heavy atom. The third-order valence-electron chi connectivity index (χ3n) is 5.33. The van der Waals surface area contributed by atoms with Crippen LogP contribution in [0.4, 0.5) is 0 Å². The highest BCUT2D eigenvalue weighted by atomic mass is 16.6. The van der Waals surface area contributed by atoms with Gasteiger partial charge in [-0.05, 0) is 43.5 Å². The summed E-state index contributed by atoms with van der Waals surface area (Å²) in [7, 11) is 1.30. The first-order valence-corrected chi connectivity index (χ1v) is 10.7. The molecule has 1 aliphatic heterocycles. The third-order valence-corrected chi connectivity index (χ3v) is 5.33. The van der Waals surface area contributed by atoms with E-state index in [9.17, 15) is 9.59 Å². The van der Waals surface area contributed by atoms with E-state index < -0.39 is 5.97 Å². The summed E-state index contributed by atoms with van der Waals surface area (Å²) < 4.78 is 21.2. The third kappa shape index (κ3) is 5.68. The molecule has 2 heterocycles. The second kappa shape index (κ2) is 10.6. The van der Waals surface area contributed by atoms with Gasteiger partial charge in [-0.15, -0.1) is 0 Å². The number of rotatable bonds is 8. The zero-order valence-electron chi connectivity index (χ0n) is 18.3. The Balaban J connectivity index is 1.45. The van der Waals surface area contributed by atoms with Crippen molar-refractivity contribution in [2.45, 2.75) is 25.3 Å². The van der Waals surface area contributed by atoms with E-state index >= 15 is 0 Å². The van der Waals surface area contributed by atoms with Gasteiger partial charge in [0.1, 0.15) is 17.5 Å². The van der Waals surface area contributed by atoms with Gasteiger partial charge in [0.2, 0.25) is 11.7 Å². The van der Waals surface area contributed by atoms with Crippen LogP contribution in [0, 0.1) is 0 Å². The van der Waals surface area contributed by atoms with Crippen molar-refractivity contribution in [1.82, 2.24) is 15.0 Å². The number of carbonyl (C=O) groups excluding carboxylic acids is 2. The topological polar surface area (TPSA) is 104 Å². The Morgan fingerprint density at radius 3 is 2.64 bits per heavy atom. The maximum atomic E-state index is 12.9. The number of carbonyl (C=O) groups is 2. The number of esters is 1. The number of hydrogen-bond donors (Lipinski definition) is 0. The highest BCUT2D eigenvalue weighted by molar-refractivity contribution is 5.78. The molecule has 172 valence electrons. The first-order valence-electron chi connectivity index (χ1n) is 10.7. The molecule has 1 aromatic heterocycles. The summed E-state index contributed by atoms with van der Waals surface area (Å²) in [6.07, 6.45) is 2.61. The summed E-state index contributed by atoms with van der Waals surface area (Å²) in [4.78, 5) is 30.5. The minimum atomic E-state index is -0.472. The molecule has 0 N–H and O–H groups in total. The number of amides is 1. The second-order valence-electron chi connectivity index (χ2n) is 7.55. The van der Waals surface area contributed by atoms with Gasteiger partial charge in [-0.25, -0.2) is 4.79 Å². The average molecular weight is 451 g/mol. The van der Waals surface area contributed by atoms with Crippen molar-refractivity contribution in [2.24, 2.45) is 0 Å². The first-order chi connectivity index (χ1) is 16.1. The number of ether oxygens (including phenoxy) is 3. The van der Waals surface area contributed by atoms with Crippen LogP contribution in [-0.2, 0) is 14.3 Å². The molecule has 1 atom stereocenters. The van der Waals surface area contributed by atoms with Crippen molar-refractivity contribution in [3.63, 3.8) is 0 Å². The van der Waals surface area contributed by atoms with Crippen molar-refractivity contribution in [2.75, 3.05) is 26.9 Å². The Kier molecular flexibility index (Phi) is 7.19. The zero-order valence-corrected chi connectivity index (χ0v) is 18.3. The van der Waals surface area contributed by atoms with Gasteiger partial charge in [0.15, 0.2) is 13.2 Å². The van der Waals surface area contributed by atoms with Gasteiger partial charge in [-0.2, -0.15) is 4.98 Å². The number of methoxy groups -OCH3 is 1. The molecule has 4 rings (SSSR count). The van der Waals surface area contributed by atoms with Crippen LogP contribution in [0.25, 0.3) is 11.4 Å². The number of aromatic nitrogens is 2. The summed E-state index contributed by atoms with van der Waals surface area (Å²) in [6.45, 7) is 0.360. The molecule has 1 fully saturated rings. The van der Waals surface area contributed by atoms with Crippen LogP contribution >= 0.6 is 0 Å². The van der Waals surface area contributed by atoms with Crippen LogP contribution in [0.2, 0.25) is 0 Å². The summed E-state index contributed by atoms with van der Waals surface area (Å²) in [5, 5.41) is 4.10. The summed E-state index contributed by atoms with van der Waals surface area (Å²) in [6, 6.07) is 16.0. The van der Waals surface area contributed by atoms with Crippen LogP contribution < -0.4 is 9.47 Å². The number of hydrogen-bond acceptors (Lipinski definition) is 8. The Hall–Kier alpha value is -3.88. The molecule has 33 heavy (non-hydrogen) atoms. The maximum Gasteiger partial charge on any atom is 0.343 e. The lowest BCUT2D eigenvalue weighted by molar-refractivity contribution is -0.143. The fourth-order valence-corrected chi connectivity index (χ4v) is 3.65. The lowest BCUT2D eigenvalue weighted by Gasteiger charge is -2.33. The molecule has 1 aliphatic rings. The first kappa shape index (κ1) is 22.3. The summed E-state index contributed by atoms with van der Waals surface area (Å²) >= 11 is 0. The average Bonchev–Trinajstić information content (AvgIpc) is 3.37. The van der Waals surface area contributed by atoms with Crippen LogP contribution in [0.3, 0.4) is 0 Å². The van der Waals surface area contributed by atoms with Crippen molar-refractivity contribution in [1.29, 1.82) is 0 Å². The van der Waals surface area contributed by atoms with E-state index in [0.29, 0.717) is 35.3 Å². The fourth-order valence-electron chi connectivity index (χ4n) is 3.65. The van der Waals surface area contributed by atoms with Gasteiger partial charge >= 0.3 is 5.97 Å². The minimum absolute atomic E-state index is 0.0545. The van der Waals surface area contributed by atoms with Crippen molar-refractivity contribution < 1.29 is 28.3 Å². The highest BCUT2D eigenvalue weighted by Crippen LogP contribution is 2.32. The number of likely N-dealkylation sites (tertiary alicyclic amines) is 1. The minimum Gasteiger partial charge on any atom is -0.484 e. The highest BCUT2D eigenvalue weighted by Gasteiger charge is 2.32. The standard InChI is InChI=1S/C24H25N3O6/c1-30-22(29)16-32-19-11-7-8-17(14-19)23-25-24(33-26-23)20-12-5-6-13-27(20)21(28)15-31-18-9-3-2-4-10-18/h2-4,7-11,14,20H,5-6,12-13,15-16H2,1H3/t20-/m1/s1. The molecule has 9 nitrogen and oxygen atoms in total. The van der Waals surface area contributed by atoms with E-state index in [2.05, 4.69) is 14.9 Å². The van der Waals surface area contributed by atoms with Crippen molar-refractivity contribution in [3.8, 4) is 22.9 Å². The van der Waals surface area contributed by atoms with Crippen LogP contribution in [0.15, 0.2) is 59.1 Å². The quantitative estimate of drug-likeness (QED) is 0.480. The van der Waals surface area contributed by atoms with Gasteiger partial charge in [0, 0.05) is 12.1 Å². The molecule has 0 spiro atoms. The van der Waals surface area contributed by atoms with E-state index in [4.69, 9.17) is 14.0 Å². The largest absolute Gasteiger partial charge is 0.484 e. The molecule has 0 bridgehead atoms. The van der Waals surface area contributed by atoms with Gasteiger partial charge in [0.25, 0.3) is 5.91 Å². The smallest absolute Gasteiger partial charge is 0.343 e. The molecule has 9 heteroatoms. The van der Waals surface area contributed by atoms with Crippen molar-refractivity contribution in [3.05, 3.63) is 60.5 Å². The van der Waals surface area contributed by atoms with Gasteiger partial charge < -0.3 is 23.6 Å². The molecule has 1 amide bonds. The number of benzene rings is 2. The van der Waals surface area contributed by atoms with Gasteiger partial charge in [-0.1, -0.05) is 35.5 Å². The SMILES string of the molecule is COC(=O)COc1cccc(-c2noc([C@H]3CCCCN3C(=O)COc3ccccc3)n2)c1. The predicted molar refractivity (Wildman–Crippen MR) is 117 cm³/mol. The second-order valence-corrected chi connectivity index (χ2v) is 7.55. The van der Waals surface area contributed by atoms with E-state index in [1.807, 2.05) is 36.4 Å². The summed E-state index contributed by atoms with van der Waals surface area (Å²) in [5.41, 5.74) is 0.675. The molecule has 0 unspecified atom stereocenters. The molecule has 0 aliphatic carbocycles. The molecular weight excluding hydrogens is 426 g/mol. The van der Waals surface area contributed by atoms with E-state index in [1.54, 1.807) is 23.1 Å². The van der Waals surface area contributed by atoms with E-state index in [-0.39, 0.29) is 25.2 Å². The zero-order chi connectivity index (χ0) is 23.0. The fraction of sp³-hybridized carbons (Fsp3) is 0.333. The molecule has 0 radical (unpaired) electrons. The summed E-state index contributed by atoms with van der Waals surface area (Å²) in [5.74, 6) is 1.30. The van der Waals surface area contributed by atoms with Crippen LogP contribution in [0.1, 0.15) is 31.2 Å². The number of para-hydroxylation sites is 1. The number of piperidine rings is 1. The molecular formula is C24H25N3O6. The van der Waals surface area contributed by atoms with Crippen LogP contribution in [0.5, 0.6) is 11.5 Å². The monoisotopic (exact) mass is 451 g/mol. The van der Waals surface area contributed by atoms with Crippen LogP contribution in [-0.4, -0.2) is 53.8 Å². The van der Waals surface area contributed by atoms with E-state index in [0.717, 1.165) is 19.3 Å². The Morgan fingerprint density at radius 1 is 1.03 bits per heavy atom. The molecule has 0 saturated carbocycles. The lowest BCUT2D eigenvalue weighted by Crippen LogP contribution is -2.41. The normalized spacial score (nSPS) is 15.7.